The zero-order valence-electron chi connectivity index (χ0n) is 14.6. The number of benzene rings is 1. The van der Waals surface area contributed by atoms with Gasteiger partial charge < -0.3 is 9.64 Å². The van der Waals surface area contributed by atoms with E-state index in [0.717, 1.165) is 22.0 Å². The summed E-state index contributed by atoms with van der Waals surface area (Å²) in [6, 6.07) is 7.72. The molecule has 2 aromatic heterocycles. The van der Waals surface area contributed by atoms with Gasteiger partial charge in [0.1, 0.15) is 11.0 Å². The van der Waals surface area contributed by atoms with Crippen LogP contribution in [0.1, 0.15) is 32.8 Å². The standard InChI is InChI=1S/C18H19N5O2S/c1-12-4-3-5-14(8-12)23-9-15(20-21-23)18(24)22-6-7-25-10-16(22)17-19-13(2)11-26-17/h3-5,8-9,11,16H,6-7,10H2,1-2H3/t16-/m0/s1. The van der Waals surface area contributed by atoms with Crippen molar-refractivity contribution in [3.8, 4) is 5.69 Å². The van der Waals surface area contributed by atoms with E-state index in [1.165, 1.54) is 0 Å². The smallest absolute Gasteiger partial charge is 0.276 e. The highest BCUT2D eigenvalue weighted by molar-refractivity contribution is 7.09. The van der Waals surface area contributed by atoms with E-state index in [4.69, 9.17) is 4.74 Å². The molecule has 3 heterocycles. The minimum absolute atomic E-state index is 0.148. The van der Waals surface area contributed by atoms with E-state index in [1.54, 1.807) is 27.1 Å². The normalized spacial score (nSPS) is 17.5. The van der Waals surface area contributed by atoms with Crippen LogP contribution in [0.15, 0.2) is 35.8 Å². The molecule has 8 heteroatoms. The molecule has 1 aliphatic heterocycles. The monoisotopic (exact) mass is 369 g/mol. The third-order valence-corrected chi connectivity index (χ3v) is 5.35. The number of amides is 1. The van der Waals surface area contributed by atoms with Crippen LogP contribution < -0.4 is 0 Å². The summed E-state index contributed by atoms with van der Waals surface area (Å²) in [5.41, 5.74) is 3.28. The largest absolute Gasteiger partial charge is 0.377 e. The summed E-state index contributed by atoms with van der Waals surface area (Å²) in [5.74, 6) is -0.148. The molecule has 1 amide bonds. The van der Waals surface area contributed by atoms with Crippen molar-refractivity contribution >= 4 is 17.2 Å². The van der Waals surface area contributed by atoms with Gasteiger partial charge in [-0.15, -0.1) is 16.4 Å². The molecule has 0 unspecified atom stereocenters. The van der Waals surface area contributed by atoms with E-state index in [2.05, 4.69) is 15.3 Å². The summed E-state index contributed by atoms with van der Waals surface area (Å²) >= 11 is 1.55. The van der Waals surface area contributed by atoms with E-state index in [-0.39, 0.29) is 11.9 Å². The summed E-state index contributed by atoms with van der Waals surface area (Å²) in [6.07, 6.45) is 1.68. The Balaban J connectivity index is 1.60. The molecule has 4 rings (SSSR count). The number of thiazole rings is 1. The van der Waals surface area contributed by atoms with Crippen molar-refractivity contribution in [1.29, 1.82) is 0 Å². The number of aryl methyl sites for hydroxylation is 2. The zero-order chi connectivity index (χ0) is 18.1. The number of carbonyl (C=O) groups is 1. The Morgan fingerprint density at radius 3 is 3.00 bits per heavy atom. The predicted octanol–water partition coefficient (Wildman–Crippen LogP) is 2.55. The van der Waals surface area contributed by atoms with Gasteiger partial charge in [-0.1, -0.05) is 17.3 Å². The van der Waals surface area contributed by atoms with Gasteiger partial charge in [-0.3, -0.25) is 4.79 Å². The Kier molecular flexibility index (Phi) is 4.52. The molecule has 0 N–H and O–H groups in total. The van der Waals surface area contributed by atoms with Gasteiger partial charge in [0, 0.05) is 17.6 Å². The van der Waals surface area contributed by atoms with Gasteiger partial charge in [-0.25, -0.2) is 9.67 Å². The molecular weight excluding hydrogens is 350 g/mol. The molecule has 134 valence electrons. The van der Waals surface area contributed by atoms with Gasteiger partial charge in [-0.05, 0) is 31.5 Å². The van der Waals surface area contributed by atoms with Crippen LogP contribution in [0.2, 0.25) is 0 Å². The SMILES string of the molecule is Cc1cccc(-n2cc(C(=O)N3CCOC[C@H]3c3nc(C)cs3)nn2)c1. The molecule has 0 spiro atoms. The summed E-state index contributed by atoms with van der Waals surface area (Å²) < 4.78 is 7.21. The van der Waals surface area contributed by atoms with Crippen molar-refractivity contribution in [1.82, 2.24) is 24.9 Å². The van der Waals surface area contributed by atoms with Crippen molar-refractivity contribution in [3.05, 3.63) is 57.8 Å². The maximum absolute atomic E-state index is 13.0. The highest BCUT2D eigenvalue weighted by Gasteiger charge is 2.32. The third-order valence-electron chi connectivity index (χ3n) is 4.29. The average Bonchev–Trinajstić information content (AvgIpc) is 3.30. The number of hydrogen-bond donors (Lipinski definition) is 0. The molecule has 0 aliphatic carbocycles. The second kappa shape index (κ2) is 6.97. The molecule has 0 saturated carbocycles. The number of ether oxygens (including phenoxy) is 1. The van der Waals surface area contributed by atoms with Crippen molar-refractivity contribution in [2.24, 2.45) is 0 Å². The lowest BCUT2D eigenvalue weighted by molar-refractivity contribution is -0.00309. The first-order chi connectivity index (χ1) is 12.6. The molecule has 1 aromatic carbocycles. The highest BCUT2D eigenvalue weighted by Crippen LogP contribution is 2.28. The summed E-state index contributed by atoms with van der Waals surface area (Å²) in [6.45, 7) is 5.44. The Bertz CT molecular complexity index is 935. The quantitative estimate of drug-likeness (QED) is 0.709. The molecule has 1 fully saturated rings. The fraction of sp³-hybridized carbons (Fsp3) is 0.333. The lowest BCUT2D eigenvalue weighted by Crippen LogP contribution is -2.43. The second-order valence-corrected chi connectivity index (χ2v) is 7.19. The number of hydrogen-bond acceptors (Lipinski definition) is 6. The van der Waals surface area contributed by atoms with Crippen LogP contribution in [0, 0.1) is 13.8 Å². The Hall–Kier alpha value is -2.58. The van der Waals surface area contributed by atoms with Crippen LogP contribution in [-0.4, -0.2) is 50.5 Å². The Morgan fingerprint density at radius 2 is 2.23 bits per heavy atom. The minimum atomic E-state index is -0.181. The van der Waals surface area contributed by atoms with Crippen LogP contribution >= 0.6 is 11.3 Å². The second-order valence-electron chi connectivity index (χ2n) is 6.30. The van der Waals surface area contributed by atoms with Gasteiger partial charge in [0.25, 0.3) is 5.91 Å². The molecule has 0 bridgehead atoms. The highest BCUT2D eigenvalue weighted by atomic mass is 32.1. The fourth-order valence-electron chi connectivity index (χ4n) is 2.98. The van der Waals surface area contributed by atoms with Crippen molar-refractivity contribution < 1.29 is 9.53 Å². The number of rotatable bonds is 3. The number of aromatic nitrogens is 4. The van der Waals surface area contributed by atoms with E-state index in [0.29, 0.717) is 25.5 Å². The molecule has 26 heavy (non-hydrogen) atoms. The third kappa shape index (κ3) is 3.25. The van der Waals surface area contributed by atoms with Gasteiger partial charge >= 0.3 is 0 Å². The average molecular weight is 369 g/mol. The van der Waals surface area contributed by atoms with Crippen LogP contribution in [0.4, 0.5) is 0 Å². The molecule has 1 saturated heterocycles. The molecule has 7 nitrogen and oxygen atoms in total. The molecule has 0 radical (unpaired) electrons. The lowest BCUT2D eigenvalue weighted by atomic mass is 10.2. The molecular formula is C18H19N5O2S. The number of morpholine rings is 1. The van der Waals surface area contributed by atoms with Gasteiger partial charge in [0.2, 0.25) is 0 Å². The van der Waals surface area contributed by atoms with Crippen molar-refractivity contribution in [2.75, 3.05) is 19.8 Å². The molecule has 1 atom stereocenters. The minimum Gasteiger partial charge on any atom is -0.377 e. The van der Waals surface area contributed by atoms with Gasteiger partial charge in [-0.2, -0.15) is 0 Å². The van der Waals surface area contributed by atoms with Crippen LogP contribution in [0.3, 0.4) is 0 Å². The maximum Gasteiger partial charge on any atom is 0.276 e. The van der Waals surface area contributed by atoms with E-state index < -0.39 is 0 Å². The van der Waals surface area contributed by atoms with Crippen LogP contribution in [-0.2, 0) is 4.74 Å². The van der Waals surface area contributed by atoms with Gasteiger partial charge in [0.05, 0.1) is 25.1 Å². The first-order valence-corrected chi connectivity index (χ1v) is 9.30. The topological polar surface area (TPSA) is 73.1 Å². The fourth-order valence-corrected chi connectivity index (χ4v) is 3.88. The molecule has 1 aliphatic rings. The number of nitrogens with zero attached hydrogens (tertiary/aromatic N) is 5. The first-order valence-electron chi connectivity index (χ1n) is 8.42. The van der Waals surface area contributed by atoms with E-state index >= 15 is 0 Å². The van der Waals surface area contributed by atoms with E-state index in [9.17, 15) is 4.79 Å². The van der Waals surface area contributed by atoms with Crippen molar-refractivity contribution in [3.63, 3.8) is 0 Å². The Labute approximate surface area is 155 Å². The summed E-state index contributed by atoms with van der Waals surface area (Å²) in [7, 11) is 0. The van der Waals surface area contributed by atoms with Crippen molar-refractivity contribution in [2.45, 2.75) is 19.9 Å². The maximum atomic E-state index is 13.0. The van der Waals surface area contributed by atoms with Crippen LogP contribution in [0.25, 0.3) is 5.69 Å². The zero-order valence-corrected chi connectivity index (χ0v) is 15.4. The first kappa shape index (κ1) is 16.9. The van der Waals surface area contributed by atoms with Crippen LogP contribution in [0.5, 0.6) is 0 Å². The molecule has 3 aromatic rings. The predicted molar refractivity (Wildman–Crippen MR) is 97.5 cm³/mol. The summed E-state index contributed by atoms with van der Waals surface area (Å²) in [5, 5.41) is 11.1. The summed E-state index contributed by atoms with van der Waals surface area (Å²) in [4.78, 5) is 19.3. The van der Waals surface area contributed by atoms with E-state index in [1.807, 2.05) is 43.5 Å². The lowest BCUT2D eigenvalue weighted by Gasteiger charge is -2.33. The van der Waals surface area contributed by atoms with Gasteiger partial charge in [0.15, 0.2) is 5.69 Å². The number of carbonyl (C=O) groups excluding carboxylic acids is 1. The Morgan fingerprint density at radius 1 is 1.35 bits per heavy atom.